The molecule has 0 aromatic rings. The van der Waals surface area contributed by atoms with E-state index in [0.29, 0.717) is 6.04 Å². The minimum absolute atomic E-state index is 0.484. The lowest BCUT2D eigenvalue weighted by molar-refractivity contribution is 0.561. The molecule has 0 bridgehead atoms. The van der Waals surface area contributed by atoms with Crippen LogP contribution in [0.1, 0.15) is 19.8 Å². The lowest BCUT2D eigenvalue weighted by Gasteiger charge is -2.32. The third-order valence-electron chi connectivity index (χ3n) is 2.78. The quantitative estimate of drug-likeness (QED) is 0.743. The van der Waals surface area contributed by atoms with Gasteiger partial charge in [0.1, 0.15) is 0 Å². The van der Waals surface area contributed by atoms with Gasteiger partial charge in [0.15, 0.2) is 0 Å². The second-order valence-corrected chi connectivity index (χ2v) is 6.60. The summed E-state index contributed by atoms with van der Waals surface area (Å²) in [4.78, 5) is 0. The van der Waals surface area contributed by atoms with Crippen molar-refractivity contribution in [2.45, 2.75) is 36.3 Å². The number of hydrogen-bond acceptors (Lipinski definition) is 3. The molecule has 12 heavy (non-hydrogen) atoms. The highest BCUT2D eigenvalue weighted by molar-refractivity contribution is 8.07. The van der Waals surface area contributed by atoms with Crippen LogP contribution in [0.4, 0.5) is 0 Å². The maximum absolute atomic E-state index is 6.21. The van der Waals surface area contributed by atoms with Crippen LogP contribution in [0.25, 0.3) is 0 Å². The Morgan fingerprint density at radius 3 is 2.50 bits per heavy atom. The molecule has 1 aliphatic carbocycles. The van der Waals surface area contributed by atoms with E-state index in [1.54, 1.807) is 0 Å². The molecule has 0 spiro atoms. The summed E-state index contributed by atoms with van der Waals surface area (Å²) in [6, 6.07) is 0.484. The Balaban J connectivity index is 1.90. The van der Waals surface area contributed by atoms with Gasteiger partial charge in [-0.1, -0.05) is 6.92 Å². The van der Waals surface area contributed by atoms with E-state index in [0.717, 1.165) is 16.4 Å². The Kier molecular flexibility index (Phi) is 2.93. The van der Waals surface area contributed by atoms with Gasteiger partial charge in [-0.2, -0.15) is 23.5 Å². The topological polar surface area (TPSA) is 26.0 Å². The lowest BCUT2D eigenvalue weighted by Crippen LogP contribution is -2.42. The van der Waals surface area contributed by atoms with Crippen molar-refractivity contribution in [1.82, 2.24) is 0 Å². The second kappa shape index (κ2) is 3.81. The van der Waals surface area contributed by atoms with Crippen molar-refractivity contribution in [2.24, 2.45) is 11.7 Å². The molecule has 1 heterocycles. The fourth-order valence-electron chi connectivity index (χ4n) is 1.82. The number of nitrogens with two attached hydrogens (primary N) is 1. The Hall–Kier alpha value is 0.660. The number of thioether (sulfide) groups is 2. The summed E-state index contributed by atoms with van der Waals surface area (Å²) < 4.78 is 0. The molecule has 1 nitrogen and oxygen atoms in total. The van der Waals surface area contributed by atoms with Gasteiger partial charge in [-0.3, -0.25) is 0 Å². The Labute approximate surface area is 83.2 Å². The van der Waals surface area contributed by atoms with Gasteiger partial charge in [0.2, 0.25) is 0 Å². The molecule has 2 N–H and O–H groups in total. The first-order chi connectivity index (χ1) is 5.79. The van der Waals surface area contributed by atoms with Gasteiger partial charge < -0.3 is 5.73 Å². The van der Waals surface area contributed by atoms with Crippen LogP contribution in [0, 0.1) is 5.92 Å². The van der Waals surface area contributed by atoms with Crippen LogP contribution < -0.4 is 5.73 Å². The average molecular weight is 203 g/mol. The molecule has 3 heteroatoms. The van der Waals surface area contributed by atoms with Crippen LogP contribution in [0.5, 0.6) is 0 Å². The first-order valence-electron chi connectivity index (χ1n) is 4.78. The van der Waals surface area contributed by atoms with Crippen LogP contribution in [-0.2, 0) is 0 Å². The standard InChI is InChI=1S/C9H17NS2/c1-6-9(12-5-4-11-6)8(10)7-2-3-7/h6-9H,2-5,10H2,1H3. The molecule has 1 saturated heterocycles. The zero-order valence-electron chi connectivity index (χ0n) is 7.53. The lowest BCUT2D eigenvalue weighted by atomic mass is 10.1. The molecule has 70 valence electrons. The first-order valence-corrected chi connectivity index (χ1v) is 6.87. The molecule has 0 amide bonds. The molecule has 2 fully saturated rings. The van der Waals surface area contributed by atoms with E-state index in [-0.39, 0.29) is 0 Å². The normalized spacial score (nSPS) is 39.5. The molecule has 3 unspecified atom stereocenters. The van der Waals surface area contributed by atoms with Gasteiger partial charge >= 0.3 is 0 Å². The molecule has 2 rings (SSSR count). The van der Waals surface area contributed by atoms with Gasteiger partial charge in [0.05, 0.1) is 0 Å². The minimum atomic E-state index is 0.484. The van der Waals surface area contributed by atoms with Gasteiger partial charge in [0.25, 0.3) is 0 Å². The fourth-order valence-corrected chi connectivity index (χ4v) is 4.79. The third-order valence-corrected chi connectivity index (χ3v) is 6.02. The van der Waals surface area contributed by atoms with E-state index in [2.05, 4.69) is 30.4 Å². The summed E-state index contributed by atoms with van der Waals surface area (Å²) in [5.41, 5.74) is 6.21. The van der Waals surface area contributed by atoms with E-state index < -0.39 is 0 Å². The number of hydrogen-bond donors (Lipinski definition) is 1. The van der Waals surface area contributed by atoms with Crippen molar-refractivity contribution in [3.8, 4) is 0 Å². The van der Waals surface area contributed by atoms with Crippen molar-refractivity contribution < 1.29 is 0 Å². The fraction of sp³-hybridized carbons (Fsp3) is 1.00. The number of rotatable bonds is 2. The highest BCUT2D eigenvalue weighted by Gasteiger charge is 2.37. The van der Waals surface area contributed by atoms with Gasteiger partial charge in [0, 0.05) is 28.0 Å². The predicted octanol–water partition coefficient (Wildman–Crippen LogP) is 1.96. The summed E-state index contributed by atoms with van der Waals surface area (Å²) in [5, 5.41) is 1.51. The average Bonchev–Trinajstić information content (AvgIpc) is 2.86. The van der Waals surface area contributed by atoms with Crippen molar-refractivity contribution >= 4 is 23.5 Å². The van der Waals surface area contributed by atoms with Gasteiger partial charge in [-0.25, -0.2) is 0 Å². The highest BCUT2D eigenvalue weighted by Crippen LogP contribution is 2.41. The summed E-state index contributed by atoms with van der Waals surface area (Å²) in [5.74, 6) is 3.49. The van der Waals surface area contributed by atoms with Crippen LogP contribution in [0.2, 0.25) is 0 Å². The molecule has 0 aromatic carbocycles. The highest BCUT2D eigenvalue weighted by atomic mass is 32.2. The largest absolute Gasteiger partial charge is 0.326 e. The predicted molar refractivity (Wildman–Crippen MR) is 58.9 cm³/mol. The molecule has 3 atom stereocenters. The maximum atomic E-state index is 6.21. The Morgan fingerprint density at radius 1 is 1.25 bits per heavy atom. The third kappa shape index (κ3) is 1.94. The van der Waals surface area contributed by atoms with E-state index in [9.17, 15) is 0 Å². The van der Waals surface area contributed by atoms with Crippen molar-refractivity contribution in [1.29, 1.82) is 0 Å². The maximum Gasteiger partial charge on any atom is 0.0318 e. The minimum Gasteiger partial charge on any atom is -0.326 e. The van der Waals surface area contributed by atoms with Crippen LogP contribution >= 0.6 is 23.5 Å². The molecule has 0 aromatic heterocycles. The summed E-state index contributed by atoms with van der Waals surface area (Å²) in [6.07, 6.45) is 2.77. The van der Waals surface area contributed by atoms with E-state index in [4.69, 9.17) is 5.73 Å². The van der Waals surface area contributed by atoms with Gasteiger partial charge in [-0.05, 0) is 18.8 Å². The van der Waals surface area contributed by atoms with Crippen molar-refractivity contribution in [2.75, 3.05) is 11.5 Å². The monoisotopic (exact) mass is 203 g/mol. The Morgan fingerprint density at radius 2 is 1.92 bits per heavy atom. The van der Waals surface area contributed by atoms with Crippen LogP contribution in [-0.4, -0.2) is 28.0 Å². The zero-order chi connectivity index (χ0) is 8.55. The molecule has 1 aliphatic heterocycles. The summed E-state index contributed by atoms with van der Waals surface area (Å²) in [6.45, 7) is 2.34. The van der Waals surface area contributed by atoms with E-state index in [1.165, 1.54) is 24.3 Å². The zero-order valence-corrected chi connectivity index (χ0v) is 9.16. The molecule has 0 radical (unpaired) electrons. The van der Waals surface area contributed by atoms with Crippen LogP contribution in [0.15, 0.2) is 0 Å². The Bertz CT molecular complexity index is 159. The second-order valence-electron chi connectivity index (χ2n) is 3.83. The smallest absolute Gasteiger partial charge is 0.0318 e. The molecular weight excluding hydrogens is 186 g/mol. The molecule has 2 aliphatic rings. The SMILES string of the molecule is CC1SCCSC1C(N)C1CC1. The van der Waals surface area contributed by atoms with Gasteiger partial charge in [-0.15, -0.1) is 0 Å². The van der Waals surface area contributed by atoms with Crippen molar-refractivity contribution in [3.05, 3.63) is 0 Å². The van der Waals surface area contributed by atoms with E-state index in [1.807, 2.05) is 0 Å². The first kappa shape index (κ1) is 9.22. The summed E-state index contributed by atoms with van der Waals surface area (Å²) >= 11 is 4.20. The molecule has 1 saturated carbocycles. The molecular formula is C9H17NS2. The van der Waals surface area contributed by atoms with Crippen LogP contribution in [0.3, 0.4) is 0 Å². The summed E-state index contributed by atoms with van der Waals surface area (Å²) in [7, 11) is 0. The van der Waals surface area contributed by atoms with Crippen molar-refractivity contribution in [3.63, 3.8) is 0 Å². The van der Waals surface area contributed by atoms with E-state index >= 15 is 0 Å².